The molecule has 2 N–H and O–H groups in total. The van der Waals surface area contributed by atoms with Gasteiger partial charge in [0.15, 0.2) is 23.0 Å². The highest BCUT2D eigenvalue weighted by atomic mass is 19.2. The smallest absolute Gasteiger partial charge is 0.254 e. The van der Waals surface area contributed by atoms with Gasteiger partial charge in [0.25, 0.3) is 5.91 Å². The first kappa shape index (κ1) is 27.6. The van der Waals surface area contributed by atoms with Crippen molar-refractivity contribution in [2.24, 2.45) is 5.92 Å². The van der Waals surface area contributed by atoms with Gasteiger partial charge in [-0.1, -0.05) is 0 Å². The van der Waals surface area contributed by atoms with Crippen molar-refractivity contribution >= 4 is 29.0 Å². The zero-order valence-corrected chi connectivity index (χ0v) is 23.4. The molecule has 4 heterocycles. The number of amides is 2. The van der Waals surface area contributed by atoms with Crippen molar-refractivity contribution in [3.05, 3.63) is 71.7 Å². The Kier molecular flexibility index (Phi) is 7.46. The molecule has 42 heavy (non-hydrogen) atoms. The predicted molar refractivity (Wildman–Crippen MR) is 153 cm³/mol. The number of hydrogen-bond acceptors (Lipinski definition) is 7. The molecule has 218 valence electrons. The molecule has 0 aliphatic carbocycles. The summed E-state index contributed by atoms with van der Waals surface area (Å²) in [5, 5.41) is 6.47. The van der Waals surface area contributed by atoms with Gasteiger partial charge in [0.2, 0.25) is 11.7 Å². The van der Waals surface area contributed by atoms with Crippen LogP contribution in [-0.4, -0.2) is 82.4 Å². The van der Waals surface area contributed by atoms with Gasteiger partial charge in [-0.05, 0) is 55.8 Å². The number of carbonyl (C=O) groups excluding carboxylic acids is 2. The van der Waals surface area contributed by atoms with Crippen LogP contribution >= 0.6 is 0 Å². The third-order valence-electron chi connectivity index (χ3n) is 7.98. The minimum absolute atomic E-state index is 0.0371. The summed E-state index contributed by atoms with van der Waals surface area (Å²) >= 11 is 0. The molecule has 2 fully saturated rings. The molecule has 12 heteroatoms. The Balaban J connectivity index is 1.16. The number of anilines is 2. The summed E-state index contributed by atoms with van der Waals surface area (Å²) in [6.07, 6.45) is 5.48. The number of imidazole rings is 1. The average molecular weight is 576 g/mol. The van der Waals surface area contributed by atoms with Gasteiger partial charge in [0, 0.05) is 61.9 Å². The van der Waals surface area contributed by atoms with Gasteiger partial charge < -0.3 is 25.2 Å². The van der Waals surface area contributed by atoms with Gasteiger partial charge >= 0.3 is 0 Å². The molecule has 2 aliphatic rings. The van der Waals surface area contributed by atoms with E-state index >= 15 is 0 Å². The van der Waals surface area contributed by atoms with Crippen LogP contribution in [0.25, 0.3) is 16.9 Å². The van der Waals surface area contributed by atoms with Crippen molar-refractivity contribution in [3.63, 3.8) is 0 Å². The number of halogens is 2. The third-order valence-corrected chi connectivity index (χ3v) is 7.98. The Hall–Kier alpha value is -4.58. The van der Waals surface area contributed by atoms with E-state index in [0.717, 1.165) is 25.1 Å². The summed E-state index contributed by atoms with van der Waals surface area (Å²) in [7, 11) is 1.28. The Morgan fingerprint density at radius 2 is 1.83 bits per heavy atom. The lowest BCUT2D eigenvalue weighted by Crippen LogP contribution is -2.52. The first-order valence-corrected chi connectivity index (χ1v) is 13.9. The van der Waals surface area contributed by atoms with Crippen LogP contribution in [0.2, 0.25) is 0 Å². The van der Waals surface area contributed by atoms with Gasteiger partial charge in [0.05, 0.1) is 24.9 Å². The van der Waals surface area contributed by atoms with Gasteiger partial charge in [0.1, 0.15) is 0 Å². The number of benzene rings is 2. The minimum atomic E-state index is -1.07. The molecular weight excluding hydrogens is 544 g/mol. The Bertz CT molecular complexity index is 1660. The number of nitrogens with zero attached hydrogens (tertiary/aromatic N) is 5. The van der Waals surface area contributed by atoms with Crippen LogP contribution in [0.5, 0.6) is 5.75 Å². The van der Waals surface area contributed by atoms with Crippen molar-refractivity contribution in [2.75, 3.05) is 51.7 Å². The number of rotatable bonds is 6. The fourth-order valence-corrected chi connectivity index (χ4v) is 5.64. The average Bonchev–Trinajstić information content (AvgIpc) is 3.70. The highest BCUT2D eigenvalue weighted by molar-refractivity contribution is 5.96. The van der Waals surface area contributed by atoms with E-state index in [1.165, 1.54) is 31.6 Å². The summed E-state index contributed by atoms with van der Waals surface area (Å²) in [4.78, 5) is 38.5. The lowest BCUT2D eigenvalue weighted by molar-refractivity contribution is -0.136. The van der Waals surface area contributed by atoms with Gasteiger partial charge in [-0.2, -0.15) is 4.39 Å². The zero-order chi connectivity index (χ0) is 29.4. The molecule has 1 atom stereocenters. The zero-order valence-electron chi connectivity index (χ0n) is 23.4. The highest BCUT2D eigenvalue weighted by Gasteiger charge is 2.31. The number of aryl methyl sites for hydroxylation is 1. The number of methoxy groups -OCH3 is 1. The van der Waals surface area contributed by atoms with Crippen LogP contribution in [0.15, 0.2) is 48.9 Å². The van der Waals surface area contributed by atoms with Gasteiger partial charge in [-0.15, -0.1) is 0 Å². The van der Waals surface area contributed by atoms with Crippen molar-refractivity contribution in [3.8, 4) is 17.0 Å². The molecule has 2 aromatic heterocycles. The van der Waals surface area contributed by atoms with Crippen molar-refractivity contribution < 1.29 is 23.1 Å². The van der Waals surface area contributed by atoms with Crippen LogP contribution in [0.1, 0.15) is 22.3 Å². The summed E-state index contributed by atoms with van der Waals surface area (Å²) in [6.45, 7) is 5.54. The number of ether oxygens (including phenoxy) is 1. The van der Waals surface area contributed by atoms with Crippen LogP contribution in [0.4, 0.5) is 20.3 Å². The predicted octanol–water partition coefficient (Wildman–Crippen LogP) is 3.63. The number of hydrogen-bond donors (Lipinski definition) is 2. The van der Waals surface area contributed by atoms with Gasteiger partial charge in [-0.25, -0.2) is 14.4 Å². The molecule has 10 nitrogen and oxygen atoms in total. The lowest BCUT2D eigenvalue weighted by Gasteiger charge is -2.36. The topological polar surface area (TPSA) is 104 Å². The molecule has 0 saturated carbocycles. The van der Waals surface area contributed by atoms with E-state index in [0.29, 0.717) is 54.6 Å². The van der Waals surface area contributed by atoms with Crippen molar-refractivity contribution in [1.29, 1.82) is 0 Å². The quantitative estimate of drug-likeness (QED) is 0.362. The van der Waals surface area contributed by atoms with Crippen LogP contribution in [0, 0.1) is 24.5 Å². The molecule has 0 spiro atoms. The molecule has 2 aromatic carbocycles. The van der Waals surface area contributed by atoms with E-state index in [2.05, 4.69) is 20.6 Å². The summed E-state index contributed by atoms with van der Waals surface area (Å²) in [5.74, 6) is -1.73. The number of fused-ring (bicyclic) bond motifs is 1. The fraction of sp³-hybridized carbons (Fsp3) is 0.333. The van der Waals surface area contributed by atoms with E-state index in [9.17, 15) is 18.4 Å². The maximum absolute atomic E-state index is 14.8. The van der Waals surface area contributed by atoms with Crippen molar-refractivity contribution in [2.45, 2.75) is 13.3 Å². The lowest BCUT2D eigenvalue weighted by atomic mass is 10.0. The Labute approximate surface area is 241 Å². The second-order valence-electron chi connectivity index (χ2n) is 10.5. The maximum Gasteiger partial charge on any atom is 0.254 e. The number of carbonyl (C=O) groups is 2. The molecular formula is C30H31F2N7O3. The second-order valence-corrected chi connectivity index (χ2v) is 10.5. The SMILES string of the molecule is COc1ccc(-c2cnc3c(Nc4ccc(C(=O)N5CCN(C(=O)[C@H]6CCNC6)CC5)c(C)c4)nccn23)c(F)c1F. The molecule has 0 bridgehead atoms. The normalized spacial score (nSPS) is 17.1. The molecule has 0 radical (unpaired) electrons. The minimum Gasteiger partial charge on any atom is -0.494 e. The van der Waals surface area contributed by atoms with Crippen molar-refractivity contribution in [1.82, 2.24) is 29.5 Å². The first-order valence-electron chi connectivity index (χ1n) is 13.9. The Morgan fingerprint density at radius 1 is 1.05 bits per heavy atom. The largest absolute Gasteiger partial charge is 0.494 e. The second kappa shape index (κ2) is 11.4. The molecule has 2 saturated heterocycles. The van der Waals surface area contributed by atoms with E-state index in [1.54, 1.807) is 27.6 Å². The number of piperazine rings is 1. The summed E-state index contributed by atoms with van der Waals surface area (Å²) in [5.41, 5.74) is 2.88. The monoisotopic (exact) mass is 575 g/mol. The molecule has 4 aromatic rings. The van der Waals surface area contributed by atoms with E-state index in [-0.39, 0.29) is 29.0 Å². The van der Waals surface area contributed by atoms with Crippen LogP contribution in [-0.2, 0) is 4.79 Å². The van der Waals surface area contributed by atoms with E-state index in [4.69, 9.17) is 4.74 Å². The van der Waals surface area contributed by atoms with Crippen LogP contribution < -0.4 is 15.4 Å². The van der Waals surface area contributed by atoms with Gasteiger partial charge in [-0.3, -0.25) is 14.0 Å². The maximum atomic E-state index is 14.8. The first-order chi connectivity index (χ1) is 20.4. The fourth-order valence-electron chi connectivity index (χ4n) is 5.64. The van der Waals surface area contributed by atoms with E-state index in [1.807, 2.05) is 17.9 Å². The summed E-state index contributed by atoms with van der Waals surface area (Å²) < 4.78 is 35.7. The molecule has 2 amide bonds. The Morgan fingerprint density at radius 3 is 2.55 bits per heavy atom. The molecule has 0 unspecified atom stereocenters. The number of aromatic nitrogens is 3. The van der Waals surface area contributed by atoms with Crippen LogP contribution in [0.3, 0.4) is 0 Å². The third kappa shape index (κ3) is 5.02. The standard InChI is InChI=1S/C30H31F2N7O3/c1-18-15-20(3-4-21(18)30(41)38-13-11-37(12-14-38)29(40)19-7-8-33-16-19)36-27-28-35-17-23(39(28)10-9-34-27)22-5-6-24(42-2)26(32)25(22)31/h3-6,9-10,15,17,19,33H,7-8,11-14,16H2,1-2H3,(H,34,36)/t19-/m0/s1. The molecule has 2 aliphatic heterocycles. The number of nitrogens with one attached hydrogen (secondary N) is 2. The highest BCUT2D eigenvalue weighted by Crippen LogP contribution is 2.31. The van der Waals surface area contributed by atoms with E-state index < -0.39 is 11.6 Å². The summed E-state index contributed by atoms with van der Waals surface area (Å²) in [6, 6.07) is 8.23. The molecule has 6 rings (SSSR count).